The average molecular weight is 284 g/mol. The molecule has 3 rings (SSSR count). The van der Waals surface area contributed by atoms with E-state index in [1.54, 1.807) is 0 Å². The second-order valence-electron chi connectivity index (χ2n) is 6.47. The molecular formula is C19H28N2. The van der Waals surface area contributed by atoms with E-state index in [2.05, 4.69) is 47.3 Å². The number of likely N-dealkylation sites (tertiary alicyclic amines) is 1. The quantitative estimate of drug-likeness (QED) is 0.745. The van der Waals surface area contributed by atoms with E-state index in [-0.39, 0.29) is 0 Å². The highest BCUT2D eigenvalue weighted by atomic mass is 15.1. The summed E-state index contributed by atoms with van der Waals surface area (Å²) in [7, 11) is 0. The number of fused-ring (bicyclic) bond motifs is 1. The van der Waals surface area contributed by atoms with Crippen LogP contribution in [0.1, 0.15) is 56.9 Å². The van der Waals surface area contributed by atoms with Crippen molar-refractivity contribution in [3.63, 3.8) is 0 Å². The van der Waals surface area contributed by atoms with Crippen LogP contribution in [-0.4, -0.2) is 29.5 Å². The van der Waals surface area contributed by atoms with Gasteiger partial charge in [-0.25, -0.2) is 0 Å². The van der Waals surface area contributed by atoms with Crippen molar-refractivity contribution in [3.05, 3.63) is 36.0 Å². The molecule has 1 saturated heterocycles. The Kier molecular flexibility index (Phi) is 4.97. The van der Waals surface area contributed by atoms with Gasteiger partial charge >= 0.3 is 0 Å². The van der Waals surface area contributed by atoms with Gasteiger partial charge in [0.25, 0.3) is 0 Å². The summed E-state index contributed by atoms with van der Waals surface area (Å²) in [4.78, 5) is 6.10. The average Bonchev–Trinajstić information content (AvgIpc) is 2.96. The zero-order valence-electron chi connectivity index (χ0n) is 13.3. The molecule has 21 heavy (non-hydrogen) atoms. The maximum Gasteiger partial charge on any atom is 0.0456 e. The number of para-hydroxylation sites is 1. The van der Waals surface area contributed by atoms with Crippen LogP contribution in [0.15, 0.2) is 30.5 Å². The smallest absolute Gasteiger partial charge is 0.0456 e. The summed E-state index contributed by atoms with van der Waals surface area (Å²) in [6, 6.07) is 8.71. The molecule has 2 heterocycles. The van der Waals surface area contributed by atoms with E-state index < -0.39 is 0 Å². The zero-order chi connectivity index (χ0) is 14.5. The third kappa shape index (κ3) is 3.49. The Balaban J connectivity index is 1.54. The normalized spacial score (nSPS) is 17.6. The number of aromatic amines is 1. The van der Waals surface area contributed by atoms with E-state index in [1.165, 1.54) is 74.6 Å². The minimum absolute atomic E-state index is 0.744. The molecule has 2 heteroatoms. The van der Waals surface area contributed by atoms with Crippen molar-refractivity contribution >= 4 is 10.9 Å². The highest BCUT2D eigenvalue weighted by Gasteiger charge is 2.22. The Morgan fingerprint density at radius 1 is 1.10 bits per heavy atom. The van der Waals surface area contributed by atoms with Crippen LogP contribution in [0, 0.1) is 0 Å². The zero-order valence-corrected chi connectivity index (χ0v) is 13.3. The van der Waals surface area contributed by atoms with Crippen LogP contribution >= 0.6 is 0 Å². The number of nitrogens with zero attached hydrogens (tertiary/aromatic N) is 1. The van der Waals surface area contributed by atoms with Crippen molar-refractivity contribution in [1.29, 1.82) is 0 Å². The first-order valence-corrected chi connectivity index (χ1v) is 8.67. The molecule has 114 valence electrons. The molecule has 2 aromatic rings. The lowest BCUT2D eigenvalue weighted by atomic mass is 9.89. The fourth-order valence-electron chi connectivity index (χ4n) is 3.66. The third-order valence-corrected chi connectivity index (χ3v) is 4.98. The number of hydrogen-bond donors (Lipinski definition) is 1. The van der Waals surface area contributed by atoms with Crippen molar-refractivity contribution in [2.45, 2.75) is 51.4 Å². The lowest BCUT2D eigenvalue weighted by Gasteiger charge is -2.32. The molecule has 1 aliphatic heterocycles. The van der Waals surface area contributed by atoms with Crippen LogP contribution in [0.3, 0.4) is 0 Å². The third-order valence-electron chi connectivity index (χ3n) is 4.98. The van der Waals surface area contributed by atoms with Gasteiger partial charge in [-0.3, -0.25) is 0 Å². The highest BCUT2D eigenvalue weighted by Crippen LogP contribution is 2.33. The molecule has 0 unspecified atom stereocenters. The fraction of sp³-hybridized carbons (Fsp3) is 0.579. The molecule has 1 N–H and O–H groups in total. The Morgan fingerprint density at radius 3 is 2.71 bits per heavy atom. The number of piperidine rings is 1. The summed E-state index contributed by atoms with van der Waals surface area (Å²) in [5.41, 5.74) is 2.82. The molecule has 0 radical (unpaired) electrons. The molecule has 0 bridgehead atoms. The van der Waals surface area contributed by atoms with Gasteiger partial charge in [-0.1, -0.05) is 44.4 Å². The van der Waals surface area contributed by atoms with E-state index in [1.807, 2.05) is 0 Å². The lowest BCUT2D eigenvalue weighted by molar-refractivity contribution is 0.209. The number of benzene rings is 1. The molecular weight excluding hydrogens is 256 g/mol. The van der Waals surface area contributed by atoms with Crippen molar-refractivity contribution in [2.24, 2.45) is 0 Å². The van der Waals surface area contributed by atoms with Gasteiger partial charge in [0.15, 0.2) is 0 Å². The van der Waals surface area contributed by atoms with Gasteiger partial charge in [0.1, 0.15) is 0 Å². The summed E-state index contributed by atoms with van der Waals surface area (Å²) in [5.74, 6) is 0.744. The van der Waals surface area contributed by atoms with Gasteiger partial charge in [0, 0.05) is 17.1 Å². The van der Waals surface area contributed by atoms with Gasteiger partial charge in [0.2, 0.25) is 0 Å². The summed E-state index contributed by atoms with van der Waals surface area (Å²) in [6.07, 6.45) is 10.4. The minimum atomic E-state index is 0.744. The first-order chi connectivity index (χ1) is 10.4. The van der Waals surface area contributed by atoms with Gasteiger partial charge in [0.05, 0.1) is 0 Å². The summed E-state index contributed by atoms with van der Waals surface area (Å²) < 4.78 is 0. The van der Waals surface area contributed by atoms with Crippen molar-refractivity contribution < 1.29 is 0 Å². The topological polar surface area (TPSA) is 19.0 Å². The van der Waals surface area contributed by atoms with Crippen molar-refractivity contribution in [2.75, 3.05) is 19.6 Å². The predicted octanol–water partition coefficient (Wildman–Crippen LogP) is 4.93. The number of hydrogen-bond acceptors (Lipinski definition) is 1. The number of aromatic nitrogens is 1. The van der Waals surface area contributed by atoms with Crippen LogP contribution in [0.25, 0.3) is 10.9 Å². The van der Waals surface area contributed by atoms with Crippen molar-refractivity contribution in [1.82, 2.24) is 9.88 Å². The fourth-order valence-corrected chi connectivity index (χ4v) is 3.66. The number of nitrogens with one attached hydrogen (secondary N) is 1. The van der Waals surface area contributed by atoms with E-state index >= 15 is 0 Å². The second kappa shape index (κ2) is 7.13. The van der Waals surface area contributed by atoms with E-state index in [4.69, 9.17) is 0 Å². The van der Waals surface area contributed by atoms with E-state index in [0.717, 1.165) is 5.92 Å². The first kappa shape index (κ1) is 14.6. The number of unbranched alkanes of at least 4 members (excludes halogenated alkanes) is 3. The molecule has 2 nitrogen and oxygen atoms in total. The molecule has 0 atom stereocenters. The summed E-state index contributed by atoms with van der Waals surface area (Å²) in [5, 5.41) is 1.43. The molecule has 0 spiro atoms. The molecule has 1 aromatic carbocycles. The second-order valence-corrected chi connectivity index (χ2v) is 6.47. The number of H-pyrrole nitrogens is 1. The van der Waals surface area contributed by atoms with Crippen LogP contribution < -0.4 is 0 Å². The summed E-state index contributed by atoms with van der Waals surface area (Å²) in [6.45, 7) is 6.14. The summed E-state index contributed by atoms with van der Waals surface area (Å²) >= 11 is 0. The molecule has 0 aliphatic carbocycles. The van der Waals surface area contributed by atoms with Crippen LogP contribution in [0.2, 0.25) is 0 Å². The Labute approximate surface area is 128 Å². The largest absolute Gasteiger partial charge is 0.361 e. The van der Waals surface area contributed by atoms with Gasteiger partial charge in [-0.05, 0) is 56.4 Å². The monoisotopic (exact) mass is 284 g/mol. The Morgan fingerprint density at radius 2 is 1.90 bits per heavy atom. The molecule has 1 aliphatic rings. The van der Waals surface area contributed by atoms with E-state index in [9.17, 15) is 0 Å². The minimum Gasteiger partial charge on any atom is -0.361 e. The van der Waals surface area contributed by atoms with Gasteiger partial charge in [-0.15, -0.1) is 0 Å². The van der Waals surface area contributed by atoms with Crippen LogP contribution in [0.4, 0.5) is 0 Å². The van der Waals surface area contributed by atoms with Crippen molar-refractivity contribution in [3.8, 4) is 0 Å². The van der Waals surface area contributed by atoms with E-state index in [0.29, 0.717) is 0 Å². The van der Waals surface area contributed by atoms with Gasteiger partial charge in [-0.2, -0.15) is 0 Å². The maximum atomic E-state index is 3.43. The van der Waals surface area contributed by atoms with Crippen LogP contribution in [-0.2, 0) is 0 Å². The lowest BCUT2D eigenvalue weighted by Crippen LogP contribution is -2.33. The molecule has 1 aromatic heterocycles. The standard InChI is InChI=1S/C19H28N2/c1-2-3-4-7-12-21-13-10-16(11-14-21)18-15-20-19-9-6-5-8-17(18)19/h5-6,8-9,15-16,20H,2-4,7,10-14H2,1H3. The molecule has 0 saturated carbocycles. The molecule has 1 fully saturated rings. The Hall–Kier alpha value is -1.28. The molecule has 0 amide bonds. The van der Waals surface area contributed by atoms with Gasteiger partial charge < -0.3 is 9.88 Å². The number of rotatable bonds is 6. The first-order valence-electron chi connectivity index (χ1n) is 8.67. The predicted molar refractivity (Wildman–Crippen MR) is 90.9 cm³/mol. The Bertz CT molecular complexity index is 549. The SMILES string of the molecule is CCCCCCN1CCC(c2c[nH]c3ccccc23)CC1. The maximum absolute atomic E-state index is 3.43. The highest BCUT2D eigenvalue weighted by molar-refractivity contribution is 5.83. The van der Waals surface area contributed by atoms with Crippen LogP contribution in [0.5, 0.6) is 0 Å².